The number of carbonyl (C=O) groups is 2. The van der Waals surface area contributed by atoms with Gasteiger partial charge in [-0.3, -0.25) is 14.5 Å². The molecular weight excluding hydrogens is 270 g/mol. The molecule has 0 saturated carbocycles. The maximum absolute atomic E-state index is 10.7. The summed E-state index contributed by atoms with van der Waals surface area (Å²) in [5.74, 6) is -1.58. The lowest BCUT2D eigenvalue weighted by atomic mass is 10.1. The molecule has 2 N–H and O–H groups in total. The molecule has 0 aliphatic rings. The maximum atomic E-state index is 10.7. The van der Waals surface area contributed by atoms with Crippen molar-refractivity contribution in [2.75, 3.05) is 13.1 Å². The van der Waals surface area contributed by atoms with Crippen LogP contribution in [0.5, 0.6) is 0 Å². The number of carboxylic acid groups (broad SMARTS) is 2. The molecule has 5 heteroatoms. The molecule has 0 spiro atoms. The van der Waals surface area contributed by atoms with E-state index in [4.69, 9.17) is 10.2 Å². The van der Waals surface area contributed by atoms with Gasteiger partial charge in [-0.15, -0.1) is 0 Å². The number of rotatable bonds is 10. The van der Waals surface area contributed by atoms with Crippen LogP contribution in [-0.4, -0.2) is 40.1 Å². The third-order valence-electron chi connectivity index (χ3n) is 3.21. The molecule has 1 aromatic rings. The highest BCUT2D eigenvalue weighted by Gasteiger charge is 2.08. The summed E-state index contributed by atoms with van der Waals surface area (Å²) >= 11 is 0. The molecule has 0 unspecified atom stereocenters. The molecule has 0 heterocycles. The average molecular weight is 293 g/mol. The van der Waals surface area contributed by atoms with E-state index in [1.807, 2.05) is 24.3 Å². The number of hydrogen-bond donors (Lipinski definition) is 2. The smallest absolute Gasteiger partial charge is 0.304 e. The molecule has 0 radical (unpaired) electrons. The zero-order valence-electron chi connectivity index (χ0n) is 12.4. The predicted octanol–water partition coefficient (Wildman–Crippen LogP) is 2.39. The van der Waals surface area contributed by atoms with Gasteiger partial charge in [0.1, 0.15) is 0 Å². The zero-order valence-corrected chi connectivity index (χ0v) is 12.4. The summed E-state index contributed by atoms with van der Waals surface area (Å²) in [6.07, 6.45) is 1.75. The molecule has 0 fully saturated rings. The zero-order chi connectivity index (χ0) is 15.7. The molecule has 116 valence electrons. The Morgan fingerprint density at radius 3 is 2.33 bits per heavy atom. The Morgan fingerprint density at radius 1 is 1.05 bits per heavy atom. The van der Waals surface area contributed by atoms with Gasteiger partial charge in [-0.25, -0.2) is 0 Å². The van der Waals surface area contributed by atoms with Crippen molar-refractivity contribution in [3.05, 3.63) is 35.4 Å². The first-order valence-corrected chi connectivity index (χ1v) is 7.25. The quantitative estimate of drug-likeness (QED) is 0.692. The van der Waals surface area contributed by atoms with Crippen LogP contribution in [0.2, 0.25) is 0 Å². The van der Waals surface area contributed by atoms with Crippen molar-refractivity contribution in [1.29, 1.82) is 0 Å². The fourth-order valence-electron chi connectivity index (χ4n) is 2.23. The number of hydrogen-bond acceptors (Lipinski definition) is 3. The molecule has 21 heavy (non-hydrogen) atoms. The number of aryl methyl sites for hydroxylation is 1. The lowest BCUT2D eigenvalue weighted by molar-refractivity contribution is -0.138. The van der Waals surface area contributed by atoms with E-state index in [1.165, 1.54) is 0 Å². The summed E-state index contributed by atoms with van der Waals surface area (Å²) < 4.78 is 0. The number of nitrogens with zero attached hydrogens (tertiary/aromatic N) is 1. The first kappa shape index (κ1) is 17.2. The van der Waals surface area contributed by atoms with E-state index in [2.05, 4.69) is 11.8 Å². The van der Waals surface area contributed by atoms with E-state index >= 15 is 0 Å². The molecule has 0 bridgehead atoms. The van der Waals surface area contributed by atoms with Crippen LogP contribution in [0.15, 0.2) is 24.3 Å². The van der Waals surface area contributed by atoms with Gasteiger partial charge >= 0.3 is 11.9 Å². The average Bonchev–Trinajstić information content (AvgIpc) is 2.43. The summed E-state index contributed by atoms with van der Waals surface area (Å²) in [4.78, 5) is 23.4. The van der Waals surface area contributed by atoms with E-state index in [0.717, 1.165) is 24.1 Å². The van der Waals surface area contributed by atoms with E-state index in [0.29, 0.717) is 19.5 Å². The van der Waals surface area contributed by atoms with Crippen LogP contribution in [0.1, 0.15) is 37.3 Å². The van der Waals surface area contributed by atoms with Crippen molar-refractivity contribution in [2.24, 2.45) is 0 Å². The molecule has 5 nitrogen and oxygen atoms in total. The number of aliphatic carboxylic acids is 2. The fraction of sp³-hybridized carbons (Fsp3) is 0.500. The highest BCUT2D eigenvalue weighted by molar-refractivity contribution is 5.67. The van der Waals surface area contributed by atoms with Crippen LogP contribution >= 0.6 is 0 Å². The van der Waals surface area contributed by atoms with Crippen molar-refractivity contribution in [3.63, 3.8) is 0 Å². The largest absolute Gasteiger partial charge is 0.481 e. The van der Waals surface area contributed by atoms with Crippen LogP contribution in [0.3, 0.4) is 0 Å². The van der Waals surface area contributed by atoms with E-state index < -0.39 is 11.9 Å². The summed E-state index contributed by atoms with van der Waals surface area (Å²) in [7, 11) is 0. The summed E-state index contributed by atoms with van der Waals surface area (Å²) in [5.41, 5.74) is 2.10. The second-order valence-electron chi connectivity index (χ2n) is 5.13. The highest BCUT2D eigenvalue weighted by Crippen LogP contribution is 2.11. The van der Waals surface area contributed by atoms with Crippen molar-refractivity contribution in [2.45, 2.75) is 39.2 Å². The summed E-state index contributed by atoms with van der Waals surface area (Å²) in [5, 5.41) is 17.5. The van der Waals surface area contributed by atoms with Gasteiger partial charge < -0.3 is 10.2 Å². The van der Waals surface area contributed by atoms with Crippen LogP contribution in [0.4, 0.5) is 0 Å². The van der Waals surface area contributed by atoms with Crippen molar-refractivity contribution in [3.8, 4) is 0 Å². The lowest BCUT2D eigenvalue weighted by Crippen LogP contribution is -2.26. The van der Waals surface area contributed by atoms with E-state index in [9.17, 15) is 9.59 Å². The first-order chi connectivity index (χ1) is 10.0. The van der Waals surface area contributed by atoms with Gasteiger partial charge in [0, 0.05) is 19.5 Å². The Hall–Kier alpha value is -1.88. The molecular formula is C16H23NO4. The normalized spacial score (nSPS) is 10.8. The van der Waals surface area contributed by atoms with Gasteiger partial charge in [-0.2, -0.15) is 0 Å². The minimum atomic E-state index is -0.797. The molecule has 0 saturated heterocycles. The highest BCUT2D eigenvalue weighted by atomic mass is 16.4. The van der Waals surface area contributed by atoms with E-state index in [-0.39, 0.29) is 12.8 Å². The molecule has 1 aromatic carbocycles. The third-order valence-corrected chi connectivity index (χ3v) is 3.21. The Labute approximate surface area is 125 Å². The Kier molecular flexibility index (Phi) is 7.46. The van der Waals surface area contributed by atoms with Crippen LogP contribution in [0.25, 0.3) is 0 Å². The second kappa shape index (κ2) is 9.13. The summed E-state index contributed by atoms with van der Waals surface area (Å²) in [6.45, 7) is 4.15. The van der Waals surface area contributed by atoms with Gasteiger partial charge in [0.15, 0.2) is 0 Å². The van der Waals surface area contributed by atoms with Gasteiger partial charge in [-0.05, 0) is 30.5 Å². The SMILES string of the molecule is CCCN(CCC(=O)O)Cc1cccc(CCC(=O)O)c1. The molecule has 0 aliphatic carbocycles. The molecule has 0 aliphatic heterocycles. The van der Waals surface area contributed by atoms with Gasteiger partial charge in [0.25, 0.3) is 0 Å². The number of benzene rings is 1. The first-order valence-electron chi connectivity index (χ1n) is 7.25. The second-order valence-corrected chi connectivity index (χ2v) is 5.13. The minimum Gasteiger partial charge on any atom is -0.481 e. The molecule has 1 rings (SSSR count). The van der Waals surface area contributed by atoms with Crippen LogP contribution in [-0.2, 0) is 22.6 Å². The lowest BCUT2D eigenvalue weighted by Gasteiger charge is -2.21. The molecule has 0 aromatic heterocycles. The Bertz CT molecular complexity index is 473. The van der Waals surface area contributed by atoms with Gasteiger partial charge in [-0.1, -0.05) is 31.2 Å². The topological polar surface area (TPSA) is 77.8 Å². The Balaban J connectivity index is 2.62. The third kappa shape index (κ3) is 7.46. The van der Waals surface area contributed by atoms with Gasteiger partial charge in [0.2, 0.25) is 0 Å². The Morgan fingerprint density at radius 2 is 1.71 bits per heavy atom. The molecule has 0 atom stereocenters. The maximum Gasteiger partial charge on any atom is 0.304 e. The van der Waals surface area contributed by atoms with Crippen molar-refractivity contribution < 1.29 is 19.8 Å². The standard InChI is InChI=1S/C16H23NO4/c1-2-9-17(10-8-16(20)21)12-14-5-3-4-13(11-14)6-7-15(18)19/h3-5,11H,2,6-10,12H2,1H3,(H,18,19)(H,20,21). The van der Waals surface area contributed by atoms with Crippen molar-refractivity contribution >= 4 is 11.9 Å². The molecule has 0 amide bonds. The van der Waals surface area contributed by atoms with Crippen molar-refractivity contribution in [1.82, 2.24) is 4.90 Å². The van der Waals surface area contributed by atoms with E-state index in [1.54, 1.807) is 0 Å². The number of carboxylic acids is 2. The van der Waals surface area contributed by atoms with Gasteiger partial charge in [0.05, 0.1) is 6.42 Å². The fourth-order valence-corrected chi connectivity index (χ4v) is 2.23. The summed E-state index contributed by atoms with van der Waals surface area (Å²) in [6, 6.07) is 7.85. The van der Waals surface area contributed by atoms with Crippen LogP contribution in [0, 0.1) is 0 Å². The minimum absolute atomic E-state index is 0.126. The predicted molar refractivity (Wildman–Crippen MR) is 80.2 cm³/mol. The monoisotopic (exact) mass is 293 g/mol. The van der Waals surface area contributed by atoms with Crippen LogP contribution < -0.4 is 0 Å².